The molecule has 4 rings (SSSR count). The van der Waals surface area contributed by atoms with Gasteiger partial charge in [0.1, 0.15) is 16.7 Å². The Kier molecular flexibility index (Phi) is 6.43. The number of hydrogen-bond donors (Lipinski definition) is 1. The molecule has 32 heavy (non-hydrogen) atoms. The molecule has 0 radical (unpaired) electrons. The summed E-state index contributed by atoms with van der Waals surface area (Å²) in [7, 11) is 3.20. The molecule has 2 aromatic carbocycles. The lowest BCUT2D eigenvalue weighted by Crippen LogP contribution is -2.13. The van der Waals surface area contributed by atoms with Gasteiger partial charge in [-0.25, -0.2) is 9.67 Å². The molecule has 0 fully saturated rings. The van der Waals surface area contributed by atoms with E-state index in [1.807, 2.05) is 53.9 Å². The second kappa shape index (κ2) is 9.42. The number of amides is 1. The van der Waals surface area contributed by atoms with Crippen LogP contribution in [-0.2, 0) is 6.54 Å². The number of rotatable bonds is 7. The van der Waals surface area contributed by atoms with Gasteiger partial charge in [0.2, 0.25) is 0 Å². The number of carbonyl (C=O) groups is 1. The highest BCUT2D eigenvalue weighted by Crippen LogP contribution is 2.35. The summed E-state index contributed by atoms with van der Waals surface area (Å²) in [5.74, 6) is 0.994. The summed E-state index contributed by atoms with van der Waals surface area (Å²) in [5.41, 5.74) is 3.37. The minimum atomic E-state index is -0.356. The van der Waals surface area contributed by atoms with E-state index in [4.69, 9.17) is 21.1 Å². The maximum atomic E-state index is 13.0. The maximum Gasteiger partial charge on any atom is 0.262 e. The van der Waals surface area contributed by atoms with Crippen LogP contribution in [0, 0.1) is 6.92 Å². The Bertz CT molecular complexity index is 1250. The minimum Gasteiger partial charge on any atom is -0.497 e. The van der Waals surface area contributed by atoms with Gasteiger partial charge in [0.15, 0.2) is 5.13 Å². The zero-order valence-electron chi connectivity index (χ0n) is 17.8. The lowest BCUT2D eigenvalue weighted by molar-refractivity contribution is 0.102. The van der Waals surface area contributed by atoms with Crippen LogP contribution in [0.3, 0.4) is 0 Å². The fourth-order valence-electron chi connectivity index (χ4n) is 3.30. The van der Waals surface area contributed by atoms with Crippen LogP contribution < -0.4 is 14.8 Å². The predicted molar refractivity (Wildman–Crippen MR) is 126 cm³/mol. The summed E-state index contributed by atoms with van der Waals surface area (Å²) in [6, 6.07) is 15.3. The third-order valence-corrected chi connectivity index (χ3v) is 6.02. The Hall–Kier alpha value is -3.36. The Morgan fingerprint density at radius 2 is 1.94 bits per heavy atom. The van der Waals surface area contributed by atoms with Crippen molar-refractivity contribution in [3.63, 3.8) is 0 Å². The van der Waals surface area contributed by atoms with E-state index in [2.05, 4.69) is 15.4 Å². The first-order chi connectivity index (χ1) is 15.5. The molecule has 0 unspecified atom stereocenters. The van der Waals surface area contributed by atoms with Gasteiger partial charge in [-0.3, -0.25) is 10.1 Å². The van der Waals surface area contributed by atoms with Crippen LogP contribution in [0.4, 0.5) is 5.13 Å². The maximum absolute atomic E-state index is 13.0. The van der Waals surface area contributed by atoms with Gasteiger partial charge >= 0.3 is 0 Å². The molecule has 0 aliphatic carbocycles. The first-order valence-electron chi connectivity index (χ1n) is 9.76. The van der Waals surface area contributed by atoms with Crippen molar-refractivity contribution in [3.8, 4) is 22.8 Å². The summed E-state index contributed by atoms with van der Waals surface area (Å²) < 4.78 is 12.4. The van der Waals surface area contributed by atoms with Crippen LogP contribution in [0.2, 0.25) is 5.15 Å². The van der Waals surface area contributed by atoms with E-state index in [0.29, 0.717) is 40.1 Å². The van der Waals surface area contributed by atoms with Crippen molar-refractivity contribution in [1.82, 2.24) is 14.8 Å². The van der Waals surface area contributed by atoms with Gasteiger partial charge in [-0.2, -0.15) is 5.10 Å². The van der Waals surface area contributed by atoms with Crippen molar-refractivity contribution in [1.29, 1.82) is 0 Å². The van der Waals surface area contributed by atoms with Crippen LogP contribution in [0.5, 0.6) is 11.5 Å². The summed E-state index contributed by atoms with van der Waals surface area (Å²) in [5, 5.41) is 9.85. The molecule has 4 aromatic rings. The van der Waals surface area contributed by atoms with E-state index >= 15 is 0 Å². The third kappa shape index (κ3) is 4.46. The molecular formula is C23H21ClN4O3S. The molecule has 0 spiro atoms. The first-order valence-corrected chi connectivity index (χ1v) is 11.0. The Labute approximate surface area is 194 Å². The molecule has 1 N–H and O–H groups in total. The number of aromatic nitrogens is 3. The SMILES string of the molecule is COc1ccc(OC)c(-c2csc(NC(=O)c3c(C)nn(Cc4ccccc4)c3Cl)n2)c1. The quantitative estimate of drug-likeness (QED) is 0.399. The Morgan fingerprint density at radius 1 is 1.16 bits per heavy atom. The minimum absolute atomic E-state index is 0.287. The number of hydrogen-bond acceptors (Lipinski definition) is 6. The molecule has 7 nitrogen and oxygen atoms in total. The van der Waals surface area contributed by atoms with Crippen LogP contribution in [-0.4, -0.2) is 34.9 Å². The number of nitrogens with zero attached hydrogens (tertiary/aromatic N) is 3. The van der Waals surface area contributed by atoms with Gasteiger partial charge < -0.3 is 9.47 Å². The molecule has 0 saturated heterocycles. The van der Waals surface area contributed by atoms with Crippen LogP contribution in [0.15, 0.2) is 53.9 Å². The zero-order chi connectivity index (χ0) is 22.7. The van der Waals surface area contributed by atoms with Gasteiger partial charge in [-0.1, -0.05) is 41.9 Å². The average Bonchev–Trinajstić information content (AvgIpc) is 3.37. The van der Waals surface area contributed by atoms with Gasteiger partial charge in [-0.05, 0) is 30.7 Å². The molecule has 0 aliphatic rings. The largest absolute Gasteiger partial charge is 0.497 e. The standard InChI is InChI=1S/C23H21ClN4O3S/c1-14-20(21(24)28(27-14)12-15-7-5-4-6-8-15)22(29)26-23-25-18(13-32-23)17-11-16(30-2)9-10-19(17)31-3/h4-11,13H,12H2,1-3H3,(H,25,26,29). The van der Waals surface area contributed by atoms with E-state index < -0.39 is 0 Å². The molecule has 0 atom stereocenters. The van der Waals surface area contributed by atoms with Crippen LogP contribution in [0.1, 0.15) is 21.6 Å². The molecule has 1 amide bonds. The predicted octanol–water partition coefficient (Wildman–Crippen LogP) is 5.29. The monoisotopic (exact) mass is 468 g/mol. The number of carbonyl (C=O) groups excluding carboxylic acids is 1. The van der Waals surface area contributed by atoms with Gasteiger partial charge in [-0.15, -0.1) is 11.3 Å². The van der Waals surface area contributed by atoms with Crippen molar-refractivity contribution in [2.24, 2.45) is 0 Å². The summed E-state index contributed by atoms with van der Waals surface area (Å²) in [6.07, 6.45) is 0. The number of anilines is 1. The van der Waals surface area contributed by atoms with E-state index in [9.17, 15) is 4.79 Å². The fraction of sp³-hybridized carbons (Fsp3) is 0.174. The molecule has 0 aliphatic heterocycles. The van der Waals surface area contributed by atoms with E-state index in [1.54, 1.807) is 25.8 Å². The topological polar surface area (TPSA) is 78.3 Å². The van der Waals surface area contributed by atoms with E-state index in [-0.39, 0.29) is 11.1 Å². The highest BCUT2D eigenvalue weighted by molar-refractivity contribution is 7.14. The lowest BCUT2D eigenvalue weighted by atomic mass is 10.1. The van der Waals surface area contributed by atoms with Crippen LogP contribution >= 0.6 is 22.9 Å². The molecule has 2 heterocycles. The molecule has 0 saturated carbocycles. The van der Waals surface area contributed by atoms with Crippen molar-refractivity contribution < 1.29 is 14.3 Å². The normalized spacial score (nSPS) is 10.8. The average molecular weight is 469 g/mol. The van der Waals surface area contributed by atoms with Crippen molar-refractivity contribution in [2.45, 2.75) is 13.5 Å². The van der Waals surface area contributed by atoms with Crippen molar-refractivity contribution >= 4 is 34.0 Å². The fourth-order valence-corrected chi connectivity index (χ4v) is 4.33. The number of benzene rings is 2. The van der Waals surface area contributed by atoms with Gasteiger partial charge in [0, 0.05) is 10.9 Å². The smallest absolute Gasteiger partial charge is 0.262 e. The van der Waals surface area contributed by atoms with Gasteiger partial charge in [0.05, 0.1) is 37.7 Å². The number of aryl methyl sites for hydroxylation is 1. The molecule has 164 valence electrons. The third-order valence-electron chi connectivity index (χ3n) is 4.87. The van der Waals surface area contributed by atoms with E-state index in [1.165, 1.54) is 11.3 Å². The Balaban J connectivity index is 1.55. The van der Waals surface area contributed by atoms with Gasteiger partial charge in [0.25, 0.3) is 5.91 Å². The number of halogens is 1. The zero-order valence-corrected chi connectivity index (χ0v) is 19.3. The molecule has 9 heteroatoms. The van der Waals surface area contributed by atoms with Crippen molar-refractivity contribution in [2.75, 3.05) is 19.5 Å². The van der Waals surface area contributed by atoms with Crippen molar-refractivity contribution in [3.05, 3.63) is 75.9 Å². The summed E-state index contributed by atoms with van der Waals surface area (Å²) in [6.45, 7) is 2.24. The Morgan fingerprint density at radius 3 is 2.66 bits per heavy atom. The first kappa shape index (κ1) is 21.9. The summed E-state index contributed by atoms with van der Waals surface area (Å²) >= 11 is 7.82. The highest BCUT2D eigenvalue weighted by atomic mass is 35.5. The molecule has 2 aromatic heterocycles. The molecular weight excluding hydrogens is 448 g/mol. The number of ether oxygens (including phenoxy) is 2. The van der Waals surface area contributed by atoms with Crippen LogP contribution in [0.25, 0.3) is 11.3 Å². The second-order valence-electron chi connectivity index (χ2n) is 6.95. The second-order valence-corrected chi connectivity index (χ2v) is 8.17. The summed E-state index contributed by atoms with van der Waals surface area (Å²) in [4.78, 5) is 17.5. The number of methoxy groups -OCH3 is 2. The molecule has 0 bridgehead atoms. The highest BCUT2D eigenvalue weighted by Gasteiger charge is 2.22. The number of thiazole rings is 1. The van der Waals surface area contributed by atoms with E-state index in [0.717, 1.165) is 11.1 Å². The lowest BCUT2D eigenvalue weighted by Gasteiger charge is -2.08. The number of nitrogens with one attached hydrogen (secondary N) is 1.